The predicted octanol–water partition coefficient (Wildman–Crippen LogP) is 2.64. The van der Waals surface area contributed by atoms with Crippen molar-refractivity contribution in [1.82, 2.24) is 9.88 Å². The van der Waals surface area contributed by atoms with Crippen LogP contribution < -0.4 is 4.90 Å². The summed E-state index contributed by atoms with van der Waals surface area (Å²) in [6.45, 7) is 2.47. The second-order valence-corrected chi connectivity index (χ2v) is 7.85. The van der Waals surface area contributed by atoms with Crippen molar-refractivity contribution in [3.05, 3.63) is 22.3 Å². The van der Waals surface area contributed by atoms with Gasteiger partial charge in [0.25, 0.3) is 5.91 Å². The first-order valence-electron chi connectivity index (χ1n) is 7.82. The van der Waals surface area contributed by atoms with Crippen LogP contribution in [0.5, 0.6) is 0 Å². The number of nitrogens with zero attached hydrogens (tertiary/aromatic N) is 3. The first kappa shape index (κ1) is 18.8. The lowest BCUT2D eigenvalue weighted by Gasteiger charge is -2.36. The average Bonchev–Trinajstić information content (AvgIpc) is 2.61. The second-order valence-electron chi connectivity index (χ2n) is 5.77. The first-order valence-corrected chi connectivity index (χ1v) is 9.77. The van der Waals surface area contributed by atoms with Gasteiger partial charge in [0.1, 0.15) is 5.82 Å². The van der Waals surface area contributed by atoms with E-state index in [-0.39, 0.29) is 16.9 Å². The minimum Gasteiger partial charge on any atom is -0.365 e. The highest BCUT2D eigenvalue weighted by Gasteiger charge is 2.34. The fourth-order valence-corrected chi connectivity index (χ4v) is 4.30. The molecule has 1 atom stereocenters. The molecule has 138 valence electrons. The number of carbonyl (C=O) groups excluding carboxylic acids is 1. The molecule has 0 aromatic carbocycles. The number of aromatic nitrogens is 1. The summed E-state index contributed by atoms with van der Waals surface area (Å²) >= 11 is 4.98. The molecule has 3 heterocycles. The van der Waals surface area contributed by atoms with Gasteiger partial charge in [-0.05, 0) is 22.0 Å². The van der Waals surface area contributed by atoms with Crippen LogP contribution in [0.25, 0.3) is 0 Å². The number of carbonyl (C=O) groups is 1. The number of pyridine rings is 1. The van der Waals surface area contributed by atoms with E-state index in [1.165, 1.54) is 0 Å². The fourth-order valence-electron chi connectivity index (χ4n) is 2.80. The van der Waals surface area contributed by atoms with Gasteiger partial charge in [-0.2, -0.15) is 24.9 Å². The average molecular weight is 440 g/mol. The van der Waals surface area contributed by atoms with Gasteiger partial charge in [-0.15, -0.1) is 0 Å². The smallest absolute Gasteiger partial charge is 0.365 e. The predicted molar refractivity (Wildman–Crippen MR) is 92.8 cm³/mol. The minimum atomic E-state index is -4.44. The third kappa shape index (κ3) is 4.40. The molecule has 25 heavy (non-hydrogen) atoms. The maximum absolute atomic E-state index is 12.8. The van der Waals surface area contributed by atoms with Crippen LogP contribution in [0.2, 0.25) is 0 Å². The third-order valence-electron chi connectivity index (χ3n) is 4.11. The number of thioether (sulfide) groups is 1. The summed E-state index contributed by atoms with van der Waals surface area (Å²) in [5.74, 6) is 2.15. The van der Waals surface area contributed by atoms with Gasteiger partial charge >= 0.3 is 6.18 Å². The van der Waals surface area contributed by atoms with E-state index >= 15 is 0 Å². The SMILES string of the molecule is O=C(C1CN(c2ncc(C(F)(F)F)cc2Br)CCO1)N1CCSCC1. The highest BCUT2D eigenvalue weighted by Crippen LogP contribution is 2.34. The fraction of sp³-hybridized carbons (Fsp3) is 0.600. The zero-order valence-corrected chi connectivity index (χ0v) is 15.7. The molecule has 1 aromatic heterocycles. The van der Waals surface area contributed by atoms with E-state index in [0.29, 0.717) is 32.1 Å². The molecule has 0 aliphatic carbocycles. The Kier molecular flexibility index (Phi) is 5.79. The summed E-state index contributed by atoms with van der Waals surface area (Å²) in [6.07, 6.45) is -4.24. The van der Waals surface area contributed by atoms with Crippen LogP contribution in [-0.2, 0) is 15.7 Å². The Morgan fingerprint density at radius 1 is 1.32 bits per heavy atom. The lowest BCUT2D eigenvalue weighted by molar-refractivity contribution is -0.144. The standard InChI is InChI=1S/C15H17BrF3N3O2S/c16-11-7-10(15(17,18)19)8-20-13(11)22-1-4-24-12(9-22)14(23)21-2-5-25-6-3-21/h7-8,12H,1-6,9H2. The summed E-state index contributed by atoms with van der Waals surface area (Å²) in [7, 11) is 0. The van der Waals surface area contributed by atoms with Crippen molar-refractivity contribution >= 4 is 39.4 Å². The Labute approximate surface area is 156 Å². The van der Waals surface area contributed by atoms with Gasteiger partial charge in [0.2, 0.25) is 0 Å². The number of anilines is 1. The number of hydrogen-bond donors (Lipinski definition) is 0. The lowest BCUT2D eigenvalue weighted by Crippen LogP contribution is -2.53. The van der Waals surface area contributed by atoms with E-state index in [1.54, 1.807) is 9.80 Å². The molecule has 0 bridgehead atoms. The number of rotatable bonds is 2. The molecular formula is C15H17BrF3N3O2S. The van der Waals surface area contributed by atoms with Crippen LogP contribution >= 0.6 is 27.7 Å². The van der Waals surface area contributed by atoms with Crippen LogP contribution in [0.1, 0.15) is 5.56 Å². The van der Waals surface area contributed by atoms with Gasteiger partial charge < -0.3 is 14.5 Å². The highest BCUT2D eigenvalue weighted by atomic mass is 79.9. The quantitative estimate of drug-likeness (QED) is 0.708. The molecule has 1 amide bonds. The van der Waals surface area contributed by atoms with Crippen molar-refractivity contribution in [1.29, 1.82) is 0 Å². The molecule has 2 aliphatic rings. The molecule has 2 fully saturated rings. The van der Waals surface area contributed by atoms with Crippen LogP contribution in [0.3, 0.4) is 0 Å². The maximum atomic E-state index is 12.8. The molecule has 0 radical (unpaired) electrons. The Balaban J connectivity index is 1.72. The number of alkyl halides is 3. The van der Waals surface area contributed by atoms with Gasteiger partial charge in [-0.25, -0.2) is 4.98 Å². The molecule has 10 heteroatoms. The summed E-state index contributed by atoms with van der Waals surface area (Å²) in [5, 5.41) is 0. The molecule has 2 saturated heterocycles. The highest BCUT2D eigenvalue weighted by molar-refractivity contribution is 9.10. The molecule has 1 unspecified atom stereocenters. The van der Waals surface area contributed by atoms with Crippen LogP contribution in [0.4, 0.5) is 19.0 Å². The number of halogens is 4. The van der Waals surface area contributed by atoms with Crippen molar-refractivity contribution in [2.45, 2.75) is 12.3 Å². The van der Waals surface area contributed by atoms with E-state index in [4.69, 9.17) is 4.74 Å². The zero-order valence-electron chi connectivity index (χ0n) is 13.3. The molecule has 3 rings (SSSR count). The minimum absolute atomic E-state index is 0.0620. The Morgan fingerprint density at radius 3 is 2.68 bits per heavy atom. The van der Waals surface area contributed by atoms with Crippen LogP contribution in [0.15, 0.2) is 16.7 Å². The Morgan fingerprint density at radius 2 is 2.04 bits per heavy atom. The lowest BCUT2D eigenvalue weighted by atomic mass is 10.2. The number of amides is 1. The number of hydrogen-bond acceptors (Lipinski definition) is 5. The summed E-state index contributed by atoms with van der Waals surface area (Å²) < 4.78 is 44.2. The summed E-state index contributed by atoms with van der Waals surface area (Å²) in [5.41, 5.74) is -0.810. The normalized spacial score (nSPS) is 22.2. The van der Waals surface area contributed by atoms with Gasteiger partial charge in [0, 0.05) is 37.3 Å². The Bertz CT molecular complexity index is 641. The van der Waals surface area contributed by atoms with E-state index < -0.39 is 17.8 Å². The molecule has 0 saturated carbocycles. The zero-order chi connectivity index (χ0) is 18.0. The third-order valence-corrected chi connectivity index (χ3v) is 5.64. The second kappa shape index (κ2) is 7.71. The van der Waals surface area contributed by atoms with Crippen molar-refractivity contribution < 1.29 is 22.7 Å². The molecule has 1 aromatic rings. The van der Waals surface area contributed by atoms with E-state index in [9.17, 15) is 18.0 Å². The first-order chi connectivity index (χ1) is 11.9. The van der Waals surface area contributed by atoms with Crippen molar-refractivity contribution in [2.24, 2.45) is 0 Å². The maximum Gasteiger partial charge on any atom is 0.417 e. The largest absolute Gasteiger partial charge is 0.417 e. The van der Waals surface area contributed by atoms with Gasteiger partial charge in [-0.3, -0.25) is 4.79 Å². The van der Waals surface area contributed by atoms with Crippen LogP contribution in [-0.4, -0.2) is 66.2 Å². The molecular weight excluding hydrogens is 423 g/mol. The molecule has 0 N–H and O–H groups in total. The van der Waals surface area contributed by atoms with Gasteiger partial charge in [-0.1, -0.05) is 0 Å². The van der Waals surface area contributed by atoms with Gasteiger partial charge in [0.15, 0.2) is 6.10 Å². The number of morpholine rings is 1. The van der Waals surface area contributed by atoms with E-state index in [0.717, 1.165) is 23.8 Å². The molecule has 5 nitrogen and oxygen atoms in total. The molecule has 2 aliphatic heterocycles. The summed E-state index contributed by atoms with van der Waals surface area (Å²) in [6, 6.07) is 1.01. The van der Waals surface area contributed by atoms with Crippen LogP contribution in [0, 0.1) is 0 Å². The van der Waals surface area contributed by atoms with E-state index in [1.807, 2.05) is 11.8 Å². The Hall–Kier alpha value is -1.00. The topological polar surface area (TPSA) is 45.7 Å². The van der Waals surface area contributed by atoms with Crippen molar-refractivity contribution in [3.8, 4) is 0 Å². The van der Waals surface area contributed by atoms with E-state index in [2.05, 4.69) is 20.9 Å². The summed E-state index contributed by atoms with van der Waals surface area (Å²) in [4.78, 5) is 20.1. The number of ether oxygens (including phenoxy) is 1. The van der Waals surface area contributed by atoms with Crippen molar-refractivity contribution in [3.63, 3.8) is 0 Å². The van der Waals surface area contributed by atoms with Gasteiger partial charge in [0.05, 0.1) is 23.2 Å². The monoisotopic (exact) mass is 439 g/mol. The van der Waals surface area contributed by atoms with Crippen molar-refractivity contribution in [2.75, 3.05) is 49.2 Å². The molecule has 0 spiro atoms.